The van der Waals surface area contributed by atoms with Gasteiger partial charge in [0.2, 0.25) is 0 Å². The van der Waals surface area contributed by atoms with E-state index in [2.05, 4.69) is 20.9 Å². The second-order valence-corrected chi connectivity index (χ2v) is 3.95. The molecule has 1 fully saturated rings. The molecule has 1 amide bonds. The molecule has 0 radical (unpaired) electrons. The Morgan fingerprint density at radius 2 is 2.29 bits per heavy atom. The highest BCUT2D eigenvalue weighted by atomic mass is 79.9. The number of amides is 1. The molecule has 0 spiro atoms. The van der Waals surface area contributed by atoms with Gasteiger partial charge in [0.05, 0.1) is 11.8 Å². The van der Waals surface area contributed by atoms with Crippen molar-refractivity contribution in [2.45, 2.75) is 6.42 Å². The van der Waals surface area contributed by atoms with Crippen molar-refractivity contribution in [2.24, 2.45) is 0 Å². The van der Waals surface area contributed by atoms with Crippen LogP contribution in [0.1, 0.15) is 16.8 Å². The Morgan fingerprint density at radius 1 is 1.57 bits per heavy atom. The SMILES string of the molecule is O=C(c1cc(Br)ncc1F)N1CCC1. The van der Waals surface area contributed by atoms with Crippen LogP contribution in [0.3, 0.4) is 0 Å². The van der Waals surface area contributed by atoms with Crippen LogP contribution in [0.15, 0.2) is 16.9 Å². The average molecular weight is 259 g/mol. The number of hydrogen-bond acceptors (Lipinski definition) is 2. The number of carbonyl (C=O) groups excluding carboxylic acids is 1. The van der Waals surface area contributed by atoms with E-state index >= 15 is 0 Å². The first-order chi connectivity index (χ1) is 6.68. The standard InChI is InChI=1S/C9H8BrFN2O/c10-8-4-6(7(11)5-12-8)9(14)13-2-1-3-13/h4-5H,1-3H2. The van der Waals surface area contributed by atoms with Gasteiger partial charge >= 0.3 is 0 Å². The molecule has 0 N–H and O–H groups in total. The van der Waals surface area contributed by atoms with E-state index in [1.165, 1.54) is 6.07 Å². The molecule has 0 aromatic carbocycles. The number of halogens is 2. The van der Waals surface area contributed by atoms with Crippen molar-refractivity contribution in [1.82, 2.24) is 9.88 Å². The summed E-state index contributed by atoms with van der Waals surface area (Å²) in [7, 11) is 0. The molecule has 0 bridgehead atoms. The highest BCUT2D eigenvalue weighted by Crippen LogP contribution is 2.17. The summed E-state index contributed by atoms with van der Waals surface area (Å²) in [5, 5.41) is 0. The Balaban J connectivity index is 2.29. The smallest absolute Gasteiger partial charge is 0.256 e. The minimum Gasteiger partial charge on any atom is -0.338 e. The van der Waals surface area contributed by atoms with E-state index < -0.39 is 5.82 Å². The number of carbonyl (C=O) groups is 1. The fourth-order valence-corrected chi connectivity index (χ4v) is 1.60. The summed E-state index contributed by atoms with van der Waals surface area (Å²) in [5.41, 5.74) is 0.0894. The molecule has 1 aliphatic heterocycles. The molecule has 0 atom stereocenters. The van der Waals surface area contributed by atoms with Gasteiger partial charge < -0.3 is 4.90 Å². The topological polar surface area (TPSA) is 33.2 Å². The molecule has 5 heteroatoms. The molecule has 3 nitrogen and oxygen atoms in total. The number of pyridine rings is 1. The van der Waals surface area contributed by atoms with Crippen molar-refractivity contribution in [3.05, 3.63) is 28.2 Å². The summed E-state index contributed by atoms with van der Waals surface area (Å²) in [6.07, 6.45) is 2.05. The van der Waals surface area contributed by atoms with Gasteiger partial charge in [0.15, 0.2) is 5.82 Å². The second-order valence-electron chi connectivity index (χ2n) is 3.13. The fourth-order valence-electron chi connectivity index (χ4n) is 1.27. The van der Waals surface area contributed by atoms with Crippen LogP contribution in [0.25, 0.3) is 0 Å². The number of hydrogen-bond donors (Lipinski definition) is 0. The second kappa shape index (κ2) is 3.65. The molecular formula is C9H8BrFN2O. The molecule has 2 rings (SSSR count). The quantitative estimate of drug-likeness (QED) is 0.721. The lowest BCUT2D eigenvalue weighted by molar-refractivity contribution is 0.0646. The van der Waals surface area contributed by atoms with Crippen LogP contribution < -0.4 is 0 Å². The third kappa shape index (κ3) is 1.64. The number of aromatic nitrogens is 1. The third-order valence-corrected chi connectivity index (χ3v) is 2.63. The van der Waals surface area contributed by atoms with Gasteiger partial charge in [-0.15, -0.1) is 0 Å². The molecule has 2 heterocycles. The highest BCUT2D eigenvalue weighted by molar-refractivity contribution is 9.10. The molecule has 1 aromatic heterocycles. The summed E-state index contributed by atoms with van der Waals surface area (Å²) < 4.78 is 13.7. The molecule has 1 saturated heterocycles. The normalized spacial score (nSPS) is 15.1. The maximum atomic E-state index is 13.2. The summed E-state index contributed by atoms with van der Waals surface area (Å²) in [6.45, 7) is 1.44. The van der Waals surface area contributed by atoms with Crippen molar-refractivity contribution in [3.63, 3.8) is 0 Å². The lowest BCUT2D eigenvalue weighted by Crippen LogP contribution is -2.42. The molecule has 0 aliphatic carbocycles. The molecular weight excluding hydrogens is 251 g/mol. The van der Waals surface area contributed by atoms with Crippen molar-refractivity contribution in [2.75, 3.05) is 13.1 Å². The van der Waals surface area contributed by atoms with Crippen LogP contribution in [0.4, 0.5) is 4.39 Å². The third-order valence-electron chi connectivity index (χ3n) is 2.20. The summed E-state index contributed by atoms with van der Waals surface area (Å²) in [4.78, 5) is 16.9. The number of likely N-dealkylation sites (tertiary alicyclic amines) is 1. The van der Waals surface area contributed by atoms with Gasteiger partial charge in [-0.25, -0.2) is 9.37 Å². The van der Waals surface area contributed by atoms with E-state index in [4.69, 9.17) is 0 Å². The summed E-state index contributed by atoms with van der Waals surface area (Å²) >= 11 is 3.11. The first kappa shape index (κ1) is 9.58. The Labute approximate surface area is 89.1 Å². The summed E-state index contributed by atoms with van der Waals surface area (Å²) in [5.74, 6) is -0.818. The molecule has 0 saturated carbocycles. The van der Waals surface area contributed by atoms with Crippen LogP contribution in [-0.2, 0) is 0 Å². The van der Waals surface area contributed by atoms with Crippen molar-refractivity contribution in [3.8, 4) is 0 Å². The van der Waals surface area contributed by atoms with Gasteiger partial charge in [0.1, 0.15) is 4.60 Å². The zero-order valence-electron chi connectivity index (χ0n) is 7.33. The maximum Gasteiger partial charge on any atom is 0.256 e. The van der Waals surface area contributed by atoms with E-state index in [0.29, 0.717) is 4.60 Å². The molecule has 0 unspecified atom stereocenters. The van der Waals surface area contributed by atoms with Gasteiger partial charge in [-0.05, 0) is 28.4 Å². The van der Waals surface area contributed by atoms with E-state index in [-0.39, 0.29) is 11.5 Å². The van der Waals surface area contributed by atoms with E-state index in [0.717, 1.165) is 25.7 Å². The van der Waals surface area contributed by atoms with Crippen molar-refractivity contribution < 1.29 is 9.18 Å². The lowest BCUT2D eigenvalue weighted by Gasteiger charge is -2.30. The van der Waals surface area contributed by atoms with Crippen LogP contribution >= 0.6 is 15.9 Å². The van der Waals surface area contributed by atoms with E-state index in [1.54, 1.807) is 4.90 Å². The van der Waals surface area contributed by atoms with E-state index in [1.807, 2.05) is 0 Å². The highest BCUT2D eigenvalue weighted by Gasteiger charge is 2.24. The van der Waals surface area contributed by atoms with Crippen LogP contribution in [-0.4, -0.2) is 28.9 Å². The van der Waals surface area contributed by atoms with Crippen LogP contribution in [0, 0.1) is 5.82 Å². The van der Waals surface area contributed by atoms with Gasteiger partial charge in [-0.2, -0.15) is 0 Å². The maximum absolute atomic E-state index is 13.2. The van der Waals surface area contributed by atoms with Crippen LogP contribution in [0.5, 0.6) is 0 Å². The van der Waals surface area contributed by atoms with Gasteiger partial charge in [0.25, 0.3) is 5.91 Å². The molecule has 1 aromatic rings. The summed E-state index contributed by atoms with van der Waals surface area (Å²) in [6, 6.07) is 1.41. The Morgan fingerprint density at radius 3 is 2.86 bits per heavy atom. The first-order valence-corrected chi connectivity index (χ1v) is 5.08. The first-order valence-electron chi connectivity index (χ1n) is 4.29. The lowest BCUT2D eigenvalue weighted by atomic mass is 10.1. The van der Waals surface area contributed by atoms with Crippen molar-refractivity contribution >= 4 is 21.8 Å². The van der Waals surface area contributed by atoms with E-state index in [9.17, 15) is 9.18 Å². The average Bonchev–Trinajstić information content (AvgIpc) is 2.06. The van der Waals surface area contributed by atoms with Crippen molar-refractivity contribution in [1.29, 1.82) is 0 Å². The Kier molecular flexibility index (Phi) is 2.50. The fraction of sp³-hybridized carbons (Fsp3) is 0.333. The largest absolute Gasteiger partial charge is 0.338 e. The predicted molar refractivity (Wildman–Crippen MR) is 52.4 cm³/mol. The minimum atomic E-state index is -0.565. The predicted octanol–water partition coefficient (Wildman–Crippen LogP) is 1.83. The zero-order valence-corrected chi connectivity index (χ0v) is 8.92. The zero-order chi connectivity index (χ0) is 10.1. The molecule has 14 heavy (non-hydrogen) atoms. The molecule has 74 valence electrons. The minimum absolute atomic E-state index is 0.0894. The Hall–Kier alpha value is -0.970. The molecule has 1 aliphatic rings. The van der Waals surface area contributed by atoms with Gasteiger partial charge in [-0.3, -0.25) is 4.79 Å². The van der Waals surface area contributed by atoms with Gasteiger partial charge in [0, 0.05) is 13.1 Å². The number of rotatable bonds is 1. The van der Waals surface area contributed by atoms with Gasteiger partial charge in [-0.1, -0.05) is 0 Å². The monoisotopic (exact) mass is 258 g/mol. The number of nitrogens with zero attached hydrogens (tertiary/aromatic N) is 2. The van der Waals surface area contributed by atoms with Crippen LogP contribution in [0.2, 0.25) is 0 Å². The Bertz CT molecular complexity index is 379.